The average molecular weight is 408 g/mol. The molecule has 9 heteroatoms. The van der Waals surface area contributed by atoms with Gasteiger partial charge in [-0.3, -0.25) is 23.5 Å². The van der Waals surface area contributed by atoms with E-state index >= 15 is 0 Å². The predicted octanol–water partition coefficient (Wildman–Crippen LogP) is -0.0703. The molecule has 30 heavy (non-hydrogen) atoms. The van der Waals surface area contributed by atoms with E-state index in [1.165, 1.54) is 21.4 Å². The fourth-order valence-corrected chi connectivity index (χ4v) is 3.19. The van der Waals surface area contributed by atoms with Gasteiger partial charge in [-0.2, -0.15) is 4.57 Å². The summed E-state index contributed by atoms with van der Waals surface area (Å²) in [6, 6.07) is 12.2. The first-order valence-electron chi connectivity index (χ1n) is 9.32. The lowest BCUT2D eigenvalue weighted by atomic mass is 10.1. The minimum Gasteiger partial charge on any atom is -0.384 e. The maximum Gasteiger partial charge on any atom is 0.332 e. The Balaban J connectivity index is 2.07. The van der Waals surface area contributed by atoms with E-state index in [1.54, 1.807) is 19.2 Å². The molecule has 0 unspecified atom stereocenters. The van der Waals surface area contributed by atoms with Crippen LogP contribution in [0.4, 0.5) is 5.82 Å². The Hall–Kier alpha value is -4.01. The van der Waals surface area contributed by atoms with Crippen LogP contribution in [0.3, 0.4) is 0 Å². The molecule has 154 valence electrons. The van der Waals surface area contributed by atoms with Gasteiger partial charge in [-0.25, -0.2) is 4.79 Å². The Morgan fingerprint density at radius 2 is 1.73 bits per heavy atom. The number of aromatic nitrogens is 3. The van der Waals surface area contributed by atoms with Gasteiger partial charge in [0.2, 0.25) is 12.3 Å². The average Bonchev–Trinajstić information content (AvgIpc) is 2.72. The third kappa shape index (κ3) is 4.04. The van der Waals surface area contributed by atoms with Gasteiger partial charge in [0.05, 0.1) is 6.54 Å². The first-order chi connectivity index (χ1) is 14.3. The summed E-state index contributed by atoms with van der Waals surface area (Å²) >= 11 is 0. The monoisotopic (exact) mass is 408 g/mol. The van der Waals surface area contributed by atoms with Crippen molar-refractivity contribution in [1.29, 1.82) is 0 Å². The predicted molar refractivity (Wildman–Crippen MR) is 110 cm³/mol. The Morgan fingerprint density at radius 1 is 1.03 bits per heavy atom. The van der Waals surface area contributed by atoms with Crippen LogP contribution in [0.1, 0.15) is 33.2 Å². The number of pyridine rings is 1. The lowest BCUT2D eigenvalue weighted by molar-refractivity contribution is -0.683. The molecular formula is C21H22N5O4+. The molecule has 0 fully saturated rings. The maximum atomic E-state index is 13.0. The molecule has 2 heterocycles. The second-order valence-electron chi connectivity index (χ2n) is 6.72. The number of anilines is 1. The van der Waals surface area contributed by atoms with Crippen molar-refractivity contribution in [3.05, 3.63) is 92.4 Å². The van der Waals surface area contributed by atoms with Gasteiger partial charge in [-0.05, 0) is 18.6 Å². The van der Waals surface area contributed by atoms with Crippen LogP contribution in [-0.2, 0) is 19.6 Å². The highest BCUT2D eigenvalue weighted by Gasteiger charge is 2.25. The number of benzene rings is 1. The first kappa shape index (κ1) is 20.7. The first-order valence-corrected chi connectivity index (χ1v) is 9.32. The second-order valence-corrected chi connectivity index (χ2v) is 6.72. The van der Waals surface area contributed by atoms with Gasteiger partial charge in [0.25, 0.3) is 11.5 Å². The number of nitrogens with two attached hydrogens (primary N) is 2. The van der Waals surface area contributed by atoms with E-state index in [0.717, 1.165) is 10.1 Å². The molecule has 9 nitrogen and oxygen atoms in total. The van der Waals surface area contributed by atoms with Crippen LogP contribution in [0.15, 0.2) is 64.4 Å². The standard InChI is InChI=1S/C21H21N5O4/c1-2-25-20(29)17(16(27)13-24-10-6-9-15(12-24)19(23)28)18(22)26(21(25)30)11-14-7-4-3-5-8-14/h3-10,12H,2,11,13H2,1H3,(H3-,22,23,27,28,29)/p+1. The van der Waals surface area contributed by atoms with E-state index in [4.69, 9.17) is 11.5 Å². The highest BCUT2D eigenvalue weighted by molar-refractivity contribution is 5.98. The molecule has 0 radical (unpaired) electrons. The number of ketones is 1. The molecule has 0 saturated heterocycles. The van der Waals surface area contributed by atoms with Gasteiger partial charge < -0.3 is 11.5 Å². The summed E-state index contributed by atoms with van der Waals surface area (Å²) in [5.41, 5.74) is 10.9. The summed E-state index contributed by atoms with van der Waals surface area (Å²) in [6.45, 7) is 1.62. The molecule has 0 aliphatic heterocycles. The summed E-state index contributed by atoms with van der Waals surface area (Å²) in [4.78, 5) is 49.9. The van der Waals surface area contributed by atoms with Gasteiger partial charge in [-0.15, -0.1) is 0 Å². The molecule has 4 N–H and O–H groups in total. The molecule has 0 aliphatic rings. The number of Topliss-reactive ketones (excluding diaryl/α,β-unsaturated/α-hetero) is 1. The summed E-state index contributed by atoms with van der Waals surface area (Å²) in [6.07, 6.45) is 2.98. The van der Waals surface area contributed by atoms with Gasteiger partial charge in [0.15, 0.2) is 12.4 Å². The normalized spacial score (nSPS) is 10.7. The van der Waals surface area contributed by atoms with Crippen LogP contribution in [-0.4, -0.2) is 20.8 Å². The molecule has 3 rings (SSSR count). The van der Waals surface area contributed by atoms with Gasteiger partial charge >= 0.3 is 5.69 Å². The third-order valence-electron chi connectivity index (χ3n) is 4.72. The third-order valence-corrected chi connectivity index (χ3v) is 4.72. The van der Waals surface area contributed by atoms with Crippen molar-refractivity contribution in [2.24, 2.45) is 5.73 Å². The maximum absolute atomic E-state index is 13.0. The molecule has 0 saturated carbocycles. The number of primary amides is 1. The number of nitrogen functional groups attached to an aromatic ring is 1. The van der Waals surface area contributed by atoms with Gasteiger partial charge in [0, 0.05) is 12.6 Å². The van der Waals surface area contributed by atoms with E-state index in [-0.39, 0.29) is 36.6 Å². The summed E-state index contributed by atoms with van der Waals surface area (Å²) in [7, 11) is 0. The van der Waals surface area contributed by atoms with E-state index in [9.17, 15) is 19.2 Å². The van der Waals surface area contributed by atoms with E-state index in [0.29, 0.717) is 0 Å². The molecular weight excluding hydrogens is 386 g/mol. The lowest BCUT2D eigenvalue weighted by Crippen LogP contribution is -2.46. The Kier molecular flexibility index (Phi) is 5.91. The topological polar surface area (TPSA) is 134 Å². The number of carbonyl (C=O) groups excluding carboxylic acids is 2. The summed E-state index contributed by atoms with van der Waals surface area (Å²) in [5.74, 6) is -1.40. The number of amides is 1. The highest BCUT2D eigenvalue weighted by atomic mass is 16.2. The van der Waals surface area contributed by atoms with Crippen LogP contribution in [0.2, 0.25) is 0 Å². The Morgan fingerprint density at radius 3 is 2.37 bits per heavy atom. The zero-order chi connectivity index (χ0) is 21.8. The summed E-state index contributed by atoms with van der Waals surface area (Å²) < 4.78 is 3.64. The molecule has 0 spiro atoms. The molecule has 3 aromatic rings. The van der Waals surface area contributed by atoms with Gasteiger partial charge in [0.1, 0.15) is 16.9 Å². The SMILES string of the molecule is CCn1c(=O)c(C(=O)C[n+]2cccc(C(N)=O)c2)c(N)n(Cc2ccccc2)c1=O. The van der Waals surface area contributed by atoms with Crippen molar-refractivity contribution in [2.75, 3.05) is 5.73 Å². The van der Waals surface area contributed by atoms with Crippen molar-refractivity contribution >= 4 is 17.5 Å². The molecule has 2 aromatic heterocycles. The molecule has 0 aliphatic carbocycles. The molecule has 0 bridgehead atoms. The smallest absolute Gasteiger partial charge is 0.332 e. The molecule has 1 aromatic carbocycles. The number of hydrogen-bond donors (Lipinski definition) is 2. The fraction of sp³-hybridized carbons (Fsp3) is 0.190. The zero-order valence-electron chi connectivity index (χ0n) is 16.4. The van der Waals surface area contributed by atoms with Crippen LogP contribution < -0.4 is 27.3 Å². The molecule has 0 atom stereocenters. The number of carbonyl (C=O) groups is 2. The van der Waals surface area contributed by atoms with Crippen molar-refractivity contribution in [2.45, 2.75) is 26.6 Å². The van der Waals surface area contributed by atoms with Crippen LogP contribution in [0.5, 0.6) is 0 Å². The van der Waals surface area contributed by atoms with E-state index in [2.05, 4.69) is 0 Å². The fourth-order valence-electron chi connectivity index (χ4n) is 3.19. The highest BCUT2D eigenvalue weighted by Crippen LogP contribution is 2.10. The number of nitrogens with zero attached hydrogens (tertiary/aromatic N) is 3. The van der Waals surface area contributed by atoms with Crippen molar-refractivity contribution < 1.29 is 14.2 Å². The summed E-state index contributed by atoms with van der Waals surface area (Å²) in [5, 5.41) is 0. The minimum atomic E-state index is -0.735. The quantitative estimate of drug-likeness (QED) is 0.417. The second kappa shape index (κ2) is 8.56. The van der Waals surface area contributed by atoms with E-state index in [1.807, 2.05) is 30.3 Å². The van der Waals surface area contributed by atoms with Crippen molar-refractivity contribution in [1.82, 2.24) is 9.13 Å². The van der Waals surface area contributed by atoms with Crippen LogP contribution in [0, 0.1) is 0 Å². The zero-order valence-corrected chi connectivity index (χ0v) is 16.4. The van der Waals surface area contributed by atoms with Crippen molar-refractivity contribution in [3.8, 4) is 0 Å². The van der Waals surface area contributed by atoms with Crippen LogP contribution in [0.25, 0.3) is 0 Å². The van der Waals surface area contributed by atoms with Gasteiger partial charge in [-0.1, -0.05) is 30.3 Å². The lowest BCUT2D eigenvalue weighted by Gasteiger charge is -2.15. The Labute approximate surface area is 171 Å². The Bertz CT molecular complexity index is 1230. The largest absolute Gasteiger partial charge is 0.384 e. The number of rotatable bonds is 7. The minimum absolute atomic E-state index is 0.0946. The van der Waals surface area contributed by atoms with Crippen LogP contribution >= 0.6 is 0 Å². The molecule has 1 amide bonds. The van der Waals surface area contributed by atoms with Crippen molar-refractivity contribution in [3.63, 3.8) is 0 Å². The van der Waals surface area contributed by atoms with E-state index < -0.39 is 22.9 Å². The number of hydrogen-bond acceptors (Lipinski definition) is 5.